The van der Waals surface area contributed by atoms with E-state index in [1.165, 1.54) is 0 Å². The molecule has 0 bridgehead atoms. The summed E-state index contributed by atoms with van der Waals surface area (Å²) in [5.74, 6) is -1.68. The second-order valence-corrected chi connectivity index (χ2v) is 2.47. The van der Waals surface area contributed by atoms with Crippen LogP contribution in [0.5, 0.6) is 0 Å². The molecule has 0 aromatic rings. The van der Waals surface area contributed by atoms with Crippen LogP contribution < -0.4 is 0 Å². The standard InChI is InChI=1S/C6H7F3O2/c7-6(8,9)3-4-1-2-11-5(4)10/h4H,1-3H2. The number of alkyl halides is 3. The number of esters is 1. The van der Waals surface area contributed by atoms with E-state index in [2.05, 4.69) is 4.74 Å². The first-order valence-corrected chi connectivity index (χ1v) is 3.22. The van der Waals surface area contributed by atoms with Crippen molar-refractivity contribution in [3.05, 3.63) is 0 Å². The summed E-state index contributed by atoms with van der Waals surface area (Å²) in [4.78, 5) is 10.5. The van der Waals surface area contributed by atoms with Gasteiger partial charge in [0.15, 0.2) is 0 Å². The summed E-state index contributed by atoms with van der Waals surface area (Å²) in [7, 11) is 0. The molecule has 0 aromatic heterocycles. The first kappa shape index (κ1) is 8.36. The zero-order valence-electron chi connectivity index (χ0n) is 5.65. The second-order valence-electron chi connectivity index (χ2n) is 2.47. The van der Waals surface area contributed by atoms with Crippen molar-refractivity contribution in [2.75, 3.05) is 6.61 Å². The fraction of sp³-hybridized carbons (Fsp3) is 0.833. The van der Waals surface area contributed by atoms with Crippen LogP contribution in [0.25, 0.3) is 0 Å². The van der Waals surface area contributed by atoms with Crippen LogP contribution in [0, 0.1) is 5.92 Å². The van der Waals surface area contributed by atoms with Gasteiger partial charge in [-0.25, -0.2) is 0 Å². The molecule has 11 heavy (non-hydrogen) atoms. The van der Waals surface area contributed by atoms with Crippen LogP contribution in [-0.4, -0.2) is 18.8 Å². The van der Waals surface area contributed by atoms with Crippen LogP contribution in [0.2, 0.25) is 0 Å². The molecule has 1 heterocycles. The van der Waals surface area contributed by atoms with Crippen molar-refractivity contribution in [2.24, 2.45) is 5.92 Å². The van der Waals surface area contributed by atoms with E-state index >= 15 is 0 Å². The maximum Gasteiger partial charge on any atom is 0.389 e. The van der Waals surface area contributed by atoms with Gasteiger partial charge in [0.05, 0.1) is 18.9 Å². The molecule has 1 saturated heterocycles. The highest BCUT2D eigenvalue weighted by atomic mass is 19.4. The quantitative estimate of drug-likeness (QED) is 0.554. The van der Waals surface area contributed by atoms with Gasteiger partial charge in [-0.2, -0.15) is 13.2 Å². The number of carbonyl (C=O) groups excluding carboxylic acids is 1. The van der Waals surface area contributed by atoms with Gasteiger partial charge in [0.1, 0.15) is 0 Å². The summed E-state index contributed by atoms with van der Waals surface area (Å²) < 4.78 is 39.4. The molecule has 0 amide bonds. The Labute approximate surface area is 61.3 Å². The Morgan fingerprint density at radius 3 is 2.55 bits per heavy atom. The molecule has 64 valence electrons. The summed E-state index contributed by atoms with van der Waals surface area (Å²) in [6.45, 7) is 0.125. The molecule has 0 spiro atoms. The first-order valence-electron chi connectivity index (χ1n) is 3.22. The zero-order valence-corrected chi connectivity index (χ0v) is 5.65. The van der Waals surface area contributed by atoms with Crippen molar-refractivity contribution < 1.29 is 22.7 Å². The third kappa shape index (κ3) is 2.40. The average Bonchev–Trinajstić information content (AvgIpc) is 2.12. The maximum absolute atomic E-state index is 11.7. The van der Waals surface area contributed by atoms with E-state index in [9.17, 15) is 18.0 Å². The number of rotatable bonds is 1. The van der Waals surface area contributed by atoms with E-state index in [1.807, 2.05) is 0 Å². The smallest absolute Gasteiger partial charge is 0.389 e. The van der Waals surface area contributed by atoms with Gasteiger partial charge < -0.3 is 4.74 Å². The molecule has 0 aromatic carbocycles. The Morgan fingerprint density at radius 2 is 2.18 bits per heavy atom. The first-order chi connectivity index (χ1) is 4.99. The molecule has 0 N–H and O–H groups in total. The molecule has 2 nitrogen and oxygen atoms in total. The molecule has 0 radical (unpaired) electrons. The van der Waals surface area contributed by atoms with E-state index < -0.39 is 24.5 Å². The minimum Gasteiger partial charge on any atom is -0.465 e. The van der Waals surface area contributed by atoms with Gasteiger partial charge in [0, 0.05) is 0 Å². The predicted octanol–water partition coefficient (Wildman–Crippen LogP) is 1.50. The molecule has 1 rings (SSSR count). The fourth-order valence-electron chi connectivity index (χ4n) is 1.00. The third-order valence-electron chi connectivity index (χ3n) is 1.52. The van der Waals surface area contributed by atoms with Gasteiger partial charge in [0.2, 0.25) is 0 Å². The Balaban J connectivity index is 2.43. The number of hydrogen-bond acceptors (Lipinski definition) is 2. The summed E-state index contributed by atoms with van der Waals surface area (Å²) in [5, 5.41) is 0. The SMILES string of the molecule is O=C1OCCC1CC(F)(F)F. The van der Waals surface area contributed by atoms with Crippen LogP contribution >= 0.6 is 0 Å². The van der Waals surface area contributed by atoms with Crippen LogP contribution in [0.3, 0.4) is 0 Å². The summed E-state index contributed by atoms with van der Waals surface area (Å²) in [6, 6.07) is 0. The largest absolute Gasteiger partial charge is 0.465 e. The molecule has 0 aliphatic carbocycles. The molecular formula is C6H7F3O2. The van der Waals surface area contributed by atoms with Crippen molar-refractivity contribution in [3.8, 4) is 0 Å². The second kappa shape index (κ2) is 2.71. The van der Waals surface area contributed by atoms with Crippen molar-refractivity contribution in [1.29, 1.82) is 0 Å². The predicted molar refractivity (Wildman–Crippen MR) is 29.7 cm³/mol. The highest BCUT2D eigenvalue weighted by Crippen LogP contribution is 2.29. The minimum atomic E-state index is -4.26. The molecule has 1 fully saturated rings. The Hall–Kier alpha value is -0.740. The normalized spacial score (nSPS) is 25.4. The van der Waals surface area contributed by atoms with Gasteiger partial charge in [-0.15, -0.1) is 0 Å². The zero-order chi connectivity index (χ0) is 8.48. The van der Waals surface area contributed by atoms with Gasteiger partial charge in [0.25, 0.3) is 0 Å². The lowest BCUT2D eigenvalue weighted by Crippen LogP contribution is -2.18. The molecule has 1 aliphatic rings. The lowest BCUT2D eigenvalue weighted by atomic mass is 10.0. The summed E-state index contributed by atoms with van der Waals surface area (Å²) >= 11 is 0. The highest BCUT2D eigenvalue weighted by Gasteiger charge is 2.38. The molecule has 1 unspecified atom stereocenters. The van der Waals surface area contributed by atoms with Crippen molar-refractivity contribution in [3.63, 3.8) is 0 Å². The van der Waals surface area contributed by atoms with E-state index in [4.69, 9.17) is 0 Å². The number of hydrogen-bond donors (Lipinski definition) is 0. The highest BCUT2D eigenvalue weighted by molar-refractivity contribution is 5.74. The Bertz CT molecular complexity index is 164. The van der Waals surface area contributed by atoms with E-state index in [1.54, 1.807) is 0 Å². The third-order valence-corrected chi connectivity index (χ3v) is 1.52. The molecule has 1 aliphatic heterocycles. The van der Waals surface area contributed by atoms with Crippen molar-refractivity contribution in [2.45, 2.75) is 19.0 Å². The summed E-state index contributed by atoms with van der Waals surface area (Å²) in [5.41, 5.74) is 0. The van der Waals surface area contributed by atoms with Gasteiger partial charge in [-0.05, 0) is 6.42 Å². The van der Waals surface area contributed by atoms with Gasteiger partial charge in [-0.3, -0.25) is 4.79 Å². The van der Waals surface area contributed by atoms with E-state index in [-0.39, 0.29) is 13.0 Å². The average molecular weight is 168 g/mol. The van der Waals surface area contributed by atoms with E-state index in [0.29, 0.717) is 0 Å². The Morgan fingerprint density at radius 1 is 1.55 bits per heavy atom. The maximum atomic E-state index is 11.7. The van der Waals surface area contributed by atoms with Crippen LogP contribution in [0.1, 0.15) is 12.8 Å². The molecule has 5 heteroatoms. The lowest BCUT2D eigenvalue weighted by molar-refractivity contribution is -0.159. The Kier molecular flexibility index (Phi) is 2.06. The van der Waals surface area contributed by atoms with Crippen LogP contribution in [0.4, 0.5) is 13.2 Å². The van der Waals surface area contributed by atoms with Crippen LogP contribution in [0.15, 0.2) is 0 Å². The van der Waals surface area contributed by atoms with Crippen molar-refractivity contribution >= 4 is 5.97 Å². The number of ether oxygens (including phenoxy) is 1. The number of cyclic esters (lactones) is 1. The van der Waals surface area contributed by atoms with Gasteiger partial charge >= 0.3 is 12.1 Å². The minimum absolute atomic E-state index is 0.125. The summed E-state index contributed by atoms with van der Waals surface area (Å²) in [6.07, 6.45) is -5.11. The van der Waals surface area contributed by atoms with Crippen molar-refractivity contribution in [1.82, 2.24) is 0 Å². The molecular weight excluding hydrogens is 161 g/mol. The van der Waals surface area contributed by atoms with Gasteiger partial charge in [-0.1, -0.05) is 0 Å². The number of halogens is 3. The monoisotopic (exact) mass is 168 g/mol. The number of carbonyl (C=O) groups is 1. The topological polar surface area (TPSA) is 26.3 Å². The lowest BCUT2D eigenvalue weighted by Gasteiger charge is -2.08. The fourth-order valence-corrected chi connectivity index (χ4v) is 1.00. The van der Waals surface area contributed by atoms with E-state index in [0.717, 1.165) is 0 Å². The molecule has 0 saturated carbocycles. The molecule has 1 atom stereocenters. The van der Waals surface area contributed by atoms with Crippen LogP contribution in [-0.2, 0) is 9.53 Å².